The predicted molar refractivity (Wildman–Crippen MR) is 56.6 cm³/mol. The highest BCUT2D eigenvalue weighted by molar-refractivity contribution is 7.14. The van der Waals surface area contributed by atoms with Gasteiger partial charge < -0.3 is 5.73 Å². The Morgan fingerprint density at radius 1 is 1.33 bits per heavy atom. The molecule has 0 atom stereocenters. The highest BCUT2D eigenvalue weighted by atomic mass is 32.1. The van der Waals surface area contributed by atoms with Crippen LogP contribution in [0.4, 0.5) is 5.00 Å². The van der Waals surface area contributed by atoms with Gasteiger partial charge in [-0.05, 0) is 29.9 Å². The molecular formula is C10H17NS. The van der Waals surface area contributed by atoms with Gasteiger partial charge in [-0.15, -0.1) is 11.3 Å². The number of unbranched alkanes of at least 4 members (excludes halogenated alkanes) is 3. The summed E-state index contributed by atoms with van der Waals surface area (Å²) in [5, 5.41) is 3.11. The molecule has 2 N–H and O–H groups in total. The molecule has 0 saturated carbocycles. The van der Waals surface area contributed by atoms with Crippen molar-refractivity contribution < 1.29 is 0 Å². The number of aryl methyl sites for hydroxylation is 1. The maximum Gasteiger partial charge on any atom is 0.0859 e. The van der Waals surface area contributed by atoms with E-state index in [-0.39, 0.29) is 0 Å². The molecule has 0 fully saturated rings. The third kappa shape index (κ3) is 3.26. The first-order valence-corrected chi connectivity index (χ1v) is 5.53. The molecule has 1 aromatic rings. The fraction of sp³-hybridized carbons (Fsp3) is 0.600. The van der Waals surface area contributed by atoms with Crippen LogP contribution < -0.4 is 5.73 Å². The van der Waals surface area contributed by atoms with Crippen LogP contribution in [-0.4, -0.2) is 0 Å². The molecule has 1 rings (SSSR count). The summed E-state index contributed by atoms with van der Waals surface area (Å²) < 4.78 is 0. The lowest BCUT2D eigenvalue weighted by atomic mass is 10.1. The van der Waals surface area contributed by atoms with Crippen molar-refractivity contribution in [1.82, 2.24) is 0 Å². The van der Waals surface area contributed by atoms with Crippen molar-refractivity contribution in [3.8, 4) is 0 Å². The zero-order valence-corrected chi connectivity index (χ0v) is 8.49. The van der Waals surface area contributed by atoms with Crippen molar-refractivity contribution in [3.63, 3.8) is 0 Å². The molecule has 0 aromatic carbocycles. The average Bonchev–Trinajstić information content (AvgIpc) is 2.45. The van der Waals surface area contributed by atoms with Crippen molar-refractivity contribution >= 4 is 16.3 Å². The fourth-order valence-corrected chi connectivity index (χ4v) is 1.97. The van der Waals surface area contributed by atoms with E-state index in [0.29, 0.717) is 0 Å². The van der Waals surface area contributed by atoms with Gasteiger partial charge in [0.15, 0.2) is 0 Å². The lowest BCUT2D eigenvalue weighted by Crippen LogP contribution is -1.82. The first kappa shape index (κ1) is 9.59. The Morgan fingerprint density at radius 2 is 2.17 bits per heavy atom. The van der Waals surface area contributed by atoms with E-state index < -0.39 is 0 Å². The van der Waals surface area contributed by atoms with Crippen LogP contribution in [0, 0.1) is 0 Å². The minimum Gasteiger partial charge on any atom is -0.391 e. The van der Waals surface area contributed by atoms with Crippen LogP contribution in [-0.2, 0) is 6.42 Å². The lowest BCUT2D eigenvalue weighted by molar-refractivity contribution is 0.667. The highest BCUT2D eigenvalue weighted by Crippen LogP contribution is 2.18. The summed E-state index contributed by atoms with van der Waals surface area (Å²) in [4.78, 5) is 0. The van der Waals surface area contributed by atoms with Gasteiger partial charge in [-0.25, -0.2) is 0 Å². The molecular weight excluding hydrogens is 166 g/mol. The second-order valence-electron chi connectivity index (χ2n) is 3.17. The fourth-order valence-electron chi connectivity index (χ4n) is 1.28. The van der Waals surface area contributed by atoms with Crippen molar-refractivity contribution in [2.24, 2.45) is 0 Å². The first-order valence-electron chi connectivity index (χ1n) is 4.66. The smallest absolute Gasteiger partial charge is 0.0859 e. The number of hydrogen-bond acceptors (Lipinski definition) is 2. The average molecular weight is 183 g/mol. The Bertz CT molecular complexity index is 217. The molecule has 0 saturated heterocycles. The van der Waals surface area contributed by atoms with Gasteiger partial charge in [0.25, 0.3) is 0 Å². The standard InChI is InChI=1S/C10H17NS/c1-2-3-4-5-6-9-7-10(11)12-8-9/h7-8H,2-6,11H2,1H3. The molecule has 1 aromatic heterocycles. The van der Waals surface area contributed by atoms with Gasteiger partial charge in [0, 0.05) is 0 Å². The molecule has 0 radical (unpaired) electrons. The van der Waals surface area contributed by atoms with E-state index in [4.69, 9.17) is 5.73 Å². The number of thiophene rings is 1. The van der Waals surface area contributed by atoms with Gasteiger partial charge in [-0.1, -0.05) is 26.2 Å². The molecule has 12 heavy (non-hydrogen) atoms. The molecule has 2 heteroatoms. The monoisotopic (exact) mass is 183 g/mol. The van der Waals surface area contributed by atoms with Crippen LogP contribution in [0.2, 0.25) is 0 Å². The van der Waals surface area contributed by atoms with E-state index in [1.54, 1.807) is 11.3 Å². The molecule has 0 bridgehead atoms. The molecule has 0 unspecified atom stereocenters. The van der Waals surface area contributed by atoms with Crippen LogP contribution >= 0.6 is 11.3 Å². The van der Waals surface area contributed by atoms with Gasteiger partial charge in [0.2, 0.25) is 0 Å². The molecule has 0 amide bonds. The zero-order valence-electron chi connectivity index (χ0n) is 7.68. The van der Waals surface area contributed by atoms with E-state index in [0.717, 1.165) is 5.00 Å². The Hall–Kier alpha value is -0.500. The molecule has 1 heterocycles. The number of anilines is 1. The van der Waals surface area contributed by atoms with Crippen LogP contribution in [0.25, 0.3) is 0 Å². The number of hydrogen-bond donors (Lipinski definition) is 1. The largest absolute Gasteiger partial charge is 0.391 e. The molecule has 0 aliphatic rings. The number of rotatable bonds is 5. The van der Waals surface area contributed by atoms with Crippen LogP contribution in [0.5, 0.6) is 0 Å². The van der Waals surface area contributed by atoms with Gasteiger partial charge in [0.1, 0.15) is 0 Å². The van der Waals surface area contributed by atoms with E-state index in [9.17, 15) is 0 Å². The van der Waals surface area contributed by atoms with Crippen LogP contribution in [0.3, 0.4) is 0 Å². The molecule has 0 aliphatic heterocycles. The van der Waals surface area contributed by atoms with Crippen LogP contribution in [0.15, 0.2) is 11.4 Å². The number of nitrogens with two attached hydrogens (primary N) is 1. The normalized spacial score (nSPS) is 10.4. The SMILES string of the molecule is CCCCCCc1csc(N)c1. The van der Waals surface area contributed by atoms with Gasteiger partial charge in [0.05, 0.1) is 5.00 Å². The Kier molecular flexibility index (Phi) is 4.15. The minimum atomic E-state index is 0.945. The Morgan fingerprint density at radius 3 is 2.75 bits per heavy atom. The summed E-state index contributed by atoms with van der Waals surface area (Å²) in [5.74, 6) is 0. The summed E-state index contributed by atoms with van der Waals surface area (Å²) in [6.07, 6.45) is 6.54. The van der Waals surface area contributed by atoms with Crippen molar-refractivity contribution in [2.45, 2.75) is 39.0 Å². The Labute approximate surface area is 78.6 Å². The van der Waals surface area contributed by atoms with E-state index in [1.165, 1.54) is 37.7 Å². The highest BCUT2D eigenvalue weighted by Gasteiger charge is 1.95. The van der Waals surface area contributed by atoms with Crippen molar-refractivity contribution in [3.05, 3.63) is 17.0 Å². The molecule has 1 nitrogen and oxygen atoms in total. The second kappa shape index (κ2) is 5.20. The Balaban J connectivity index is 2.15. The minimum absolute atomic E-state index is 0.945. The third-order valence-corrected chi connectivity index (χ3v) is 2.80. The van der Waals surface area contributed by atoms with Gasteiger partial charge in [-0.3, -0.25) is 0 Å². The summed E-state index contributed by atoms with van der Waals surface area (Å²) >= 11 is 1.65. The van der Waals surface area contributed by atoms with Gasteiger partial charge in [-0.2, -0.15) is 0 Å². The maximum absolute atomic E-state index is 5.63. The van der Waals surface area contributed by atoms with E-state index in [1.807, 2.05) is 0 Å². The lowest BCUT2D eigenvalue weighted by Gasteiger charge is -1.96. The maximum atomic E-state index is 5.63. The molecule has 68 valence electrons. The second-order valence-corrected chi connectivity index (χ2v) is 4.11. The summed E-state index contributed by atoms with van der Waals surface area (Å²) in [6, 6.07) is 2.09. The third-order valence-electron chi connectivity index (χ3n) is 1.99. The quantitative estimate of drug-likeness (QED) is 0.695. The zero-order chi connectivity index (χ0) is 8.81. The van der Waals surface area contributed by atoms with Crippen molar-refractivity contribution in [1.29, 1.82) is 0 Å². The molecule has 0 spiro atoms. The molecule has 0 aliphatic carbocycles. The summed E-state index contributed by atoms with van der Waals surface area (Å²) in [7, 11) is 0. The van der Waals surface area contributed by atoms with Gasteiger partial charge >= 0.3 is 0 Å². The summed E-state index contributed by atoms with van der Waals surface area (Å²) in [6.45, 7) is 2.24. The van der Waals surface area contributed by atoms with Crippen LogP contribution in [0.1, 0.15) is 38.2 Å². The summed E-state index contributed by atoms with van der Waals surface area (Å²) in [5.41, 5.74) is 7.04. The topological polar surface area (TPSA) is 26.0 Å². The van der Waals surface area contributed by atoms with Crippen molar-refractivity contribution in [2.75, 3.05) is 5.73 Å². The van der Waals surface area contributed by atoms with E-state index >= 15 is 0 Å². The predicted octanol–water partition coefficient (Wildman–Crippen LogP) is 3.45. The van der Waals surface area contributed by atoms with E-state index in [2.05, 4.69) is 18.4 Å². The first-order chi connectivity index (χ1) is 5.83. The number of nitrogen functional groups attached to an aromatic ring is 1.